The highest BCUT2D eigenvalue weighted by molar-refractivity contribution is 14.1. The summed E-state index contributed by atoms with van der Waals surface area (Å²) in [6.07, 6.45) is 0. The standard InChI is InChI=1S/C14H25IO3Si/c1-7-19(8-2,9-3)18-14(6,11(4)5)12(10-15)13(16)17/h10H,4,7-9H2,1-3,5-6H3,(H,16,17). The van der Waals surface area contributed by atoms with Gasteiger partial charge in [0.05, 0.1) is 5.57 Å². The Morgan fingerprint density at radius 1 is 1.37 bits per heavy atom. The molecule has 0 saturated carbocycles. The molecule has 19 heavy (non-hydrogen) atoms. The van der Waals surface area contributed by atoms with Crippen molar-refractivity contribution in [3.63, 3.8) is 0 Å². The molecule has 0 spiro atoms. The van der Waals surface area contributed by atoms with Gasteiger partial charge in [-0.25, -0.2) is 4.79 Å². The van der Waals surface area contributed by atoms with Gasteiger partial charge in [-0.05, 0) is 41.6 Å². The highest BCUT2D eigenvalue weighted by Crippen LogP contribution is 2.37. The predicted octanol–water partition coefficient (Wildman–Crippen LogP) is 4.75. The summed E-state index contributed by atoms with van der Waals surface area (Å²) in [6, 6.07) is 2.95. The average molecular weight is 396 g/mol. The fourth-order valence-electron chi connectivity index (χ4n) is 2.13. The summed E-state index contributed by atoms with van der Waals surface area (Å²) >= 11 is 1.96. The van der Waals surface area contributed by atoms with E-state index in [9.17, 15) is 9.90 Å². The monoisotopic (exact) mass is 396 g/mol. The molecule has 5 heteroatoms. The topological polar surface area (TPSA) is 46.5 Å². The van der Waals surface area contributed by atoms with Gasteiger partial charge in [-0.15, -0.1) is 0 Å². The van der Waals surface area contributed by atoms with Crippen LogP contribution in [0.3, 0.4) is 0 Å². The quantitative estimate of drug-likeness (QED) is 0.279. The summed E-state index contributed by atoms with van der Waals surface area (Å²) in [5, 5.41) is 9.39. The zero-order valence-corrected chi connectivity index (χ0v) is 15.7. The SMILES string of the molecule is C=C(C)C(C)(O[Si](CC)(CC)CC)C(=CI)C(=O)O. The molecule has 0 aliphatic heterocycles. The third-order valence-corrected chi connectivity index (χ3v) is 9.35. The van der Waals surface area contributed by atoms with E-state index in [1.54, 1.807) is 4.08 Å². The van der Waals surface area contributed by atoms with Crippen molar-refractivity contribution < 1.29 is 14.3 Å². The first kappa shape index (κ1) is 18.9. The first-order valence-electron chi connectivity index (χ1n) is 6.63. The minimum atomic E-state index is -1.91. The average Bonchev–Trinajstić information content (AvgIpc) is 2.36. The Kier molecular flexibility index (Phi) is 7.53. The van der Waals surface area contributed by atoms with E-state index in [1.165, 1.54) is 0 Å². The zero-order chi connectivity index (χ0) is 15.3. The second-order valence-electron chi connectivity index (χ2n) is 4.99. The summed E-state index contributed by atoms with van der Waals surface area (Å²) in [7, 11) is -1.91. The summed E-state index contributed by atoms with van der Waals surface area (Å²) in [5.41, 5.74) is 0.110. The van der Waals surface area contributed by atoms with Crippen LogP contribution >= 0.6 is 22.6 Å². The van der Waals surface area contributed by atoms with Crippen molar-refractivity contribution in [1.29, 1.82) is 0 Å². The molecule has 0 aliphatic rings. The number of aliphatic carboxylic acids is 1. The van der Waals surface area contributed by atoms with Crippen molar-refractivity contribution >= 4 is 36.9 Å². The lowest BCUT2D eigenvalue weighted by Crippen LogP contribution is -2.48. The Morgan fingerprint density at radius 3 is 2.00 bits per heavy atom. The number of carboxylic acid groups (broad SMARTS) is 1. The Hall–Kier alpha value is -0.143. The molecular weight excluding hydrogens is 371 g/mol. The number of carboxylic acids is 1. The summed E-state index contributed by atoms with van der Waals surface area (Å²) < 4.78 is 8.03. The maximum Gasteiger partial charge on any atom is 0.335 e. The minimum absolute atomic E-state index is 0.271. The predicted molar refractivity (Wildman–Crippen MR) is 91.2 cm³/mol. The fraction of sp³-hybridized carbons (Fsp3) is 0.643. The van der Waals surface area contributed by atoms with E-state index >= 15 is 0 Å². The van der Waals surface area contributed by atoms with Crippen LogP contribution in [0.1, 0.15) is 34.6 Å². The molecule has 0 radical (unpaired) electrons. The smallest absolute Gasteiger partial charge is 0.335 e. The van der Waals surface area contributed by atoms with Crippen LogP contribution in [-0.4, -0.2) is 25.0 Å². The highest BCUT2D eigenvalue weighted by Gasteiger charge is 2.43. The van der Waals surface area contributed by atoms with Gasteiger partial charge in [0.15, 0.2) is 8.32 Å². The van der Waals surface area contributed by atoms with E-state index in [1.807, 2.05) is 36.4 Å². The molecule has 1 unspecified atom stereocenters. The van der Waals surface area contributed by atoms with Crippen molar-refractivity contribution in [1.82, 2.24) is 0 Å². The Balaban J connectivity index is 5.68. The first-order valence-corrected chi connectivity index (χ1v) is 10.4. The van der Waals surface area contributed by atoms with Crippen LogP contribution < -0.4 is 0 Å². The van der Waals surface area contributed by atoms with Crippen LogP contribution in [0.2, 0.25) is 18.1 Å². The normalized spacial score (nSPS) is 16.0. The van der Waals surface area contributed by atoms with Gasteiger partial charge in [-0.1, -0.05) is 49.9 Å². The summed E-state index contributed by atoms with van der Waals surface area (Å²) in [4.78, 5) is 11.5. The Labute approximate surface area is 131 Å². The third-order valence-electron chi connectivity index (χ3n) is 4.02. The first-order chi connectivity index (χ1) is 8.72. The molecule has 0 saturated heterocycles. The zero-order valence-electron chi connectivity index (χ0n) is 12.5. The van der Waals surface area contributed by atoms with Crippen molar-refractivity contribution in [2.24, 2.45) is 0 Å². The van der Waals surface area contributed by atoms with Gasteiger partial charge in [-0.3, -0.25) is 0 Å². The van der Waals surface area contributed by atoms with Gasteiger partial charge in [0, 0.05) is 0 Å². The van der Waals surface area contributed by atoms with Crippen molar-refractivity contribution in [3.8, 4) is 0 Å². The number of halogens is 1. The highest BCUT2D eigenvalue weighted by atomic mass is 127. The van der Waals surface area contributed by atoms with Gasteiger partial charge in [0.25, 0.3) is 0 Å². The van der Waals surface area contributed by atoms with Crippen molar-refractivity contribution in [2.75, 3.05) is 0 Å². The van der Waals surface area contributed by atoms with Gasteiger partial charge in [0.2, 0.25) is 0 Å². The second-order valence-corrected chi connectivity index (χ2v) is 10.3. The lowest BCUT2D eigenvalue weighted by molar-refractivity contribution is -0.134. The van der Waals surface area contributed by atoms with Crippen LogP contribution in [0.25, 0.3) is 0 Å². The van der Waals surface area contributed by atoms with Gasteiger partial charge >= 0.3 is 5.97 Å². The number of carbonyl (C=O) groups is 1. The molecule has 0 rings (SSSR count). The largest absolute Gasteiger partial charge is 0.478 e. The molecule has 0 heterocycles. The van der Waals surface area contributed by atoms with E-state index in [0.29, 0.717) is 0 Å². The maximum absolute atomic E-state index is 11.5. The molecule has 0 bridgehead atoms. The minimum Gasteiger partial charge on any atom is -0.478 e. The number of hydrogen-bond donors (Lipinski definition) is 1. The van der Waals surface area contributed by atoms with Crippen LogP contribution in [0.4, 0.5) is 0 Å². The molecular formula is C14H25IO3Si. The molecule has 1 atom stereocenters. The maximum atomic E-state index is 11.5. The van der Waals surface area contributed by atoms with Gasteiger partial charge in [0.1, 0.15) is 5.60 Å². The van der Waals surface area contributed by atoms with Gasteiger partial charge in [-0.2, -0.15) is 0 Å². The molecule has 0 aromatic carbocycles. The summed E-state index contributed by atoms with van der Waals surface area (Å²) in [5.74, 6) is -0.939. The molecule has 1 N–H and O–H groups in total. The lowest BCUT2D eigenvalue weighted by atomic mass is 9.90. The fourth-order valence-corrected chi connectivity index (χ4v) is 6.07. The molecule has 0 amide bonds. The van der Waals surface area contributed by atoms with E-state index < -0.39 is 19.9 Å². The number of hydrogen-bond acceptors (Lipinski definition) is 2. The van der Waals surface area contributed by atoms with Crippen molar-refractivity contribution in [2.45, 2.75) is 58.4 Å². The van der Waals surface area contributed by atoms with E-state index in [-0.39, 0.29) is 5.57 Å². The van der Waals surface area contributed by atoms with Gasteiger partial charge < -0.3 is 9.53 Å². The van der Waals surface area contributed by atoms with Crippen LogP contribution in [0.5, 0.6) is 0 Å². The summed E-state index contributed by atoms with van der Waals surface area (Å²) in [6.45, 7) is 14.0. The lowest BCUT2D eigenvalue weighted by Gasteiger charge is -2.41. The van der Waals surface area contributed by atoms with Crippen molar-refractivity contribution in [3.05, 3.63) is 21.8 Å². The molecule has 3 nitrogen and oxygen atoms in total. The Morgan fingerprint density at radius 2 is 1.79 bits per heavy atom. The Bertz CT molecular complexity index is 367. The van der Waals surface area contributed by atoms with Crippen LogP contribution in [0.15, 0.2) is 21.8 Å². The second kappa shape index (κ2) is 7.59. The molecule has 0 aliphatic carbocycles. The van der Waals surface area contributed by atoms with E-state index in [4.69, 9.17) is 4.43 Å². The van der Waals surface area contributed by atoms with Crippen LogP contribution in [-0.2, 0) is 9.22 Å². The number of rotatable bonds is 8. The van der Waals surface area contributed by atoms with E-state index in [0.717, 1.165) is 23.7 Å². The van der Waals surface area contributed by atoms with E-state index in [2.05, 4.69) is 27.4 Å². The molecule has 0 fully saturated rings. The molecule has 0 aromatic heterocycles. The molecule has 0 aromatic rings. The third kappa shape index (κ3) is 4.16. The molecule has 110 valence electrons. The van der Waals surface area contributed by atoms with Crippen LogP contribution in [0, 0.1) is 0 Å².